The number of hydrogen-bond donors (Lipinski definition) is 5. The maximum absolute atomic E-state index is 14.4. The van der Waals surface area contributed by atoms with E-state index in [1.165, 1.54) is 11.8 Å². The molecule has 0 saturated heterocycles. The molecular weight excluding hydrogens is 656 g/mol. The van der Waals surface area contributed by atoms with Gasteiger partial charge in [0.1, 0.15) is 6.04 Å². The average molecular weight is 703 g/mol. The van der Waals surface area contributed by atoms with E-state index in [1.807, 2.05) is 72.9 Å². The molecule has 1 aliphatic rings. The average Bonchev–Trinajstić information content (AvgIpc) is 3.52. The highest BCUT2D eigenvalue weighted by molar-refractivity contribution is 7.99. The van der Waals surface area contributed by atoms with Crippen LogP contribution in [0.5, 0.6) is 0 Å². The van der Waals surface area contributed by atoms with Crippen molar-refractivity contribution in [3.05, 3.63) is 94.6 Å². The van der Waals surface area contributed by atoms with Gasteiger partial charge >= 0.3 is 0 Å². The Hall–Kier alpha value is -3.67. The summed E-state index contributed by atoms with van der Waals surface area (Å²) < 4.78 is 0. The van der Waals surface area contributed by atoms with Gasteiger partial charge in [0.15, 0.2) is 5.78 Å². The van der Waals surface area contributed by atoms with E-state index in [0.717, 1.165) is 43.8 Å². The molecule has 3 atom stereocenters. The fourth-order valence-electron chi connectivity index (χ4n) is 6.49. The van der Waals surface area contributed by atoms with Gasteiger partial charge in [-0.2, -0.15) is 0 Å². The number of nitrogens with zero attached hydrogens (tertiary/aromatic N) is 1. The number of likely N-dealkylation sites (N-methyl/N-ethyl adjacent to an activating group) is 1. The van der Waals surface area contributed by atoms with Gasteiger partial charge in [0.05, 0.1) is 11.1 Å². The van der Waals surface area contributed by atoms with Crippen molar-refractivity contribution in [1.82, 2.24) is 20.5 Å². The third-order valence-corrected chi connectivity index (χ3v) is 11.1. The van der Waals surface area contributed by atoms with Crippen molar-refractivity contribution in [2.75, 3.05) is 20.1 Å². The summed E-state index contributed by atoms with van der Waals surface area (Å²) in [5.74, 6) is -1.14. The van der Waals surface area contributed by atoms with Crippen LogP contribution in [0.1, 0.15) is 55.2 Å². The van der Waals surface area contributed by atoms with Crippen LogP contribution in [-0.4, -0.2) is 59.7 Å². The first-order valence-electron chi connectivity index (χ1n) is 17.1. The third kappa shape index (κ3) is 9.32. The Kier molecular flexibility index (Phi) is 13.3. The van der Waals surface area contributed by atoms with E-state index in [2.05, 4.69) is 15.6 Å². The summed E-state index contributed by atoms with van der Waals surface area (Å²) >= 11 is 8.32. The summed E-state index contributed by atoms with van der Waals surface area (Å²) in [6.07, 6.45) is 5.44. The molecule has 7 N–H and O–H groups in total. The maximum atomic E-state index is 14.4. The first-order valence-corrected chi connectivity index (χ1v) is 18.3. The lowest BCUT2D eigenvalue weighted by molar-refractivity contribution is -0.143. The highest BCUT2D eigenvalue weighted by Crippen LogP contribution is 2.38. The number of aromatic amines is 1. The molecule has 0 bridgehead atoms. The molecule has 0 unspecified atom stereocenters. The Balaban J connectivity index is 1.55. The Morgan fingerprint density at radius 3 is 2.45 bits per heavy atom. The van der Waals surface area contributed by atoms with Gasteiger partial charge < -0.3 is 32.0 Å². The van der Waals surface area contributed by atoms with Crippen LogP contribution in [0.2, 0.25) is 5.02 Å². The second-order valence-corrected chi connectivity index (χ2v) is 14.2. The molecule has 0 aliphatic carbocycles. The highest BCUT2D eigenvalue weighted by Gasteiger charge is 2.34. The van der Waals surface area contributed by atoms with Gasteiger partial charge in [-0.1, -0.05) is 78.3 Å². The number of rotatable bonds is 9. The summed E-state index contributed by atoms with van der Waals surface area (Å²) in [6.45, 7) is 1.65. The molecular formula is C38H47ClN6O3S. The quantitative estimate of drug-likeness (QED) is 0.143. The summed E-state index contributed by atoms with van der Waals surface area (Å²) in [7, 11) is 1.68. The standard InChI is InChI=1S/C38H47ClN6O3S/c1-45-33(20-28-24-42-31-15-4-3-13-29(28)31)37(47)44-23-27-12-8-14-30(39)36(27)49-35-17-5-2-11-26(35)22-43-32(16-9-19-41)34(46)21-25(38(45)48)10-6-7-18-40/h2-5,8,11-15,17,24-25,32-33,42-43H,6-7,9-10,16,18-23,40-41H2,1H3,(H,44,47)/t25-,32+,33+/m1/s1. The van der Waals surface area contributed by atoms with Gasteiger partial charge in [-0.15, -0.1) is 0 Å². The fourth-order valence-corrected chi connectivity index (χ4v) is 7.87. The predicted molar refractivity (Wildman–Crippen MR) is 197 cm³/mol. The normalized spacial score (nSPS) is 19.7. The molecule has 49 heavy (non-hydrogen) atoms. The molecule has 5 rings (SSSR count). The molecule has 2 amide bonds. The number of halogens is 1. The smallest absolute Gasteiger partial charge is 0.243 e. The molecule has 9 nitrogen and oxygen atoms in total. The van der Waals surface area contributed by atoms with Crippen molar-refractivity contribution in [3.63, 3.8) is 0 Å². The topological polar surface area (TPSA) is 146 Å². The number of amides is 2. The Bertz CT molecular complexity index is 1750. The fraction of sp³-hybridized carbons (Fsp3) is 0.395. The summed E-state index contributed by atoms with van der Waals surface area (Å²) in [4.78, 5) is 49.3. The minimum absolute atomic E-state index is 0.0339. The number of nitrogens with one attached hydrogen (secondary N) is 3. The first-order chi connectivity index (χ1) is 23.8. The van der Waals surface area contributed by atoms with E-state index in [-0.39, 0.29) is 30.6 Å². The van der Waals surface area contributed by atoms with E-state index in [0.29, 0.717) is 56.8 Å². The number of para-hydroxylation sites is 1. The minimum atomic E-state index is -0.823. The van der Waals surface area contributed by atoms with Crippen LogP contribution in [-0.2, 0) is 33.9 Å². The molecule has 4 aromatic rings. The van der Waals surface area contributed by atoms with Gasteiger partial charge in [-0.25, -0.2) is 0 Å². The number of benzene rings is 3. The van der Waals surface area contributed by atoms with Crippen LogP contribution < -0.4 is 22.1 Å². The molecule has 0 saturated carbocycles. The van der Waals surface area contributed by atoms with Gasteiger partial charge in [-0.3, -0.25) is 14.4 Å². The van der Waals surface area contributed by atoms with Crippen LogP contribution in [0.15, 0.2) is 82.7 Å². The third-order valence-electron chi connectivity index (χ3n) is 9.32. The lowest BCUT2D eigenvalue weighted by Crippen LogP contribution is -2.51. The van der Waals surface area contributed by atoms with Crippen LogP contribution >= 0.6 is 23.4 Å². The lowest BCUT2D eigenvalue weighted by atomic mass is 9.90. The Morgan fingerprint density at radius 2 is 1.63 bits per heavy atom. The maximum Gasteiger partial charge on any atom is 0.243 e. The van der Waals surface area contributed by atoms with E-state index in [4.69, 9.17) is 23.1 Å². The summed E-state index contributed by atoms with van der Waals surface area (Å²) in [5.41, 5.74) is 15.5. The molecule has 1 aliphatic heterocycles. The summed E-state index contributed by atoms with van der Waals surface area (Å²) in [5, 5.41) is 8.21. The molecule has 11 heteroatoms. The van der Waals surface area contributed by atoms with Crippen molar-refractivity contribution in [1.29, 1.82) is 0 Å². The van der Waals surface area contributed by atoms with Gasteiger partial charge in [-0.05, 0) is 73.7 Å². The number of carbonyl (C=O) groups is 3. The van der Waals surface area contributed by atoms with Crippen LogP contribution in [0.4, 0.5) is 0 Å². The number of carbonyl (C=O) groups excluding carboxylic acids is 3. The Labute approximate surface area is 297 Å². The number of aromatic nitrogens is 1. The van der Waals surface area contributed by atoms with Crippen molar-refractivity contribution < 1.29 is 14.4 Å². The minimum Gasteiger partial charge on any atom is -0.361 e. The van der Waals surface area contributed by atoms with E-state index in [1.54, 1.807) is 11.9 Å². The number of Topliss-reactive ketones (excluding diaryl/α,β-unsaturated/α-hetero) is 1. The van der Waals surface area contributed by atoms with E-state index in [9.17, 15) is 14.4 Å². The second kappa shape index (κ2) is 17.8. The first kappa shape index (κ1) is 36.6. The molecule has 0 spiro atoms. The Morgan fingerprint density at radius 1 is 0.878 bits per heavy atom. The van der Waals surface area contributed by atoms with E-state index >= 15 is 0 Å². The zero-order valence-electron chi connectivity index (χ0n) is 28.1. The number of H-pyrrole nitrogens is 1. The van der Waals surface area contributed by atoms with Crippen molar-refractivity contribution >= 4 is 51.9 Å². The highest BCUT2D eigenvalue weighted by atomic mass is 35.5. The number of fused-ring (bicyclic) bond motifs is 3. The van der Waals surface area contributed by atoms with Crippen LogP contribution in [0.3, 0.4) is 0 Å². The molecule has 3 aromatic carbocycles. The molecule has 0 radical (unpaired) electrons. The molecule has 0 fully saturated rings. The SMILES string of the molecule is CN1C(=O)[C@H](CCCCN)CC(=O)[C@H](CCCN)NCc2ccccc2Sc2c(Cl)cccc2CNC(=O)[C@@H]1Cc1c[nH]c2ccccc12. The van der Waals surface area contributed by atoms with Gasteiger partial charge in [0.25, 0.3) is 0 Å². The summed E-state index contributed by atoms with van der Waals surface area (Å²) in [6, 6.07) is 20.3. The second-order valence-electron chi connectivity index (χ2n) is 12.7. The molecule has 2 heterocycles. The van der Waals surface area contributed by atoms with Crippen molar-refractivity contribution in [3.8, 4) is 0 Å². The number of unbranched alkanes of at least 4 members (excludes halogenated alkanes) is 1. The van der Waals surface area contributed by atoms with E-state index < -0.39 is 18.0 Å². The molecule has 260 valence electrons. The van der Waals surface area contributed by atoms with Gasteiger partial charge in [0.2, 0.25) is 11.8 Å². The van der Waals surface area contributed by atoms with Crippen LogP contribution in [0.25, 0.3) is 10.9 Å². The number of hydrogen-bond acceptors (Lipinski definition) is 7. The lowest BCUT2D eigenvalue weighted by Gasteiger charge is -2.31. The zero-order valence-corrected chi connectivity index (χ0v) is 29.6. The van der Waals surface area contributed by atoms with Crippen molar-refractivity contribution in [2.24, 2.45) is 17.4 Å². The largest absolute Gasteiger partial charge is 0.361 e. The zero-order chi connectivity index (χ0) is 34.8. The predicted octanol–water partition coefficient (Wildman–Crippen LogP) is 5.57. The van der Waals surface area contributed by atoms with Crippen LogP contribution in [0, 0.1) is 5.92 Å². The monoisotopic (exact) mass is 702 g/mol. The van der Waals surface area contributed by atoms with Gasteiger partial charge in [0, 0.05) is 65.8 Å². The number of ketones is 1. The molecule has 1 aromatic heterocycles. The van der Waals surface area contributed by atoms with Crippen molar-refractivity contribution in [2.45, 2.75) is 79.9 Å². The number of nitrogens with two attached hydrogens (primary N) is 2.